The van der Waals surface area contributed by atoms with E-state index in [0.29, 0.717) is 0 Å². The van der Waals surface area contributed by atoms with Crippen LogP contribution in [0.2, 0.25) is 0 Å². The van der Waals surface area contributed by atoms with Crippen molar-refractivity contribution in [3.8, 4) is 0 Å². The molecule has 0 saturated carbocycles. The van der Waals surface area contributed by atoms with Gasteiger partial charge in [-0.2, -0.15) is 0 Å². The molecule has 0 heterocycles. The molecule has 0 bridgehead atoms. The first-order chi connectivity index (χ1) is 8.56. The highest BCUT2D eigenvalue weighted by atomic mass is 79.9. The summed E-state index contributed by atoms with van der Waals surface area (Å²) >= 11 is 6.84. The van der Waals surface area contributed by atoms with Gasteiger partial charge in [-0.15, -0.1) is 0 Å². The maximum Gasteiger partial charge on any atom is 0.239 e. The lowest BCUT2D eigenvalue weighted by Crippen LogP contribution is -2.37. The molecule has 0 spiro atoms. The van der Waals surface area contributed by atoms with E-state index < -0.39 is 0 Å². The normalized spacial score (nSPS) is 10.5. The van der Waals surface area contributed by atoms with Gasteiger partial charge in [0.25, 0.3) is 0 Å². The van der Waals surface area contributed by atoms with Crippen LogP contribution in [-0.4, -0.2) is 18.5 Å². The second kappa shape index (κ2) is 7.79. The predicted octanol–water partition coefficient (Wildman–Crippen LogP) is 3.93. The van der Waals surface area contributed by atoms with Crippen molar-refractivity contribution in [3.63, 3.8) is 0 Å². The van der Waals surface area contributed by atoms with Gasteiger partial charge in [0.15, 0.2) is 0 Å². The molecule has 1 aromatic rings. The van der Waals surface area contributed by atoms with Gasteiger partial charge < -0.3 is 10.6 Å². The number of halogens is 2. The summed E-state index contributed by atoms with van der Waals surface area (Å²) in [5.41, 5.74) is 0.915. The van der Waals surface area contributed by atoms with Gasteiger partial charge in [0.05, 0.1) is 6.54 Å². The summed E-state index contributed by atoms with van der Waals surface area (Å²) in [4.78, 5) is 11.7. The van der Waals surface area contributed by atoms with Crippen LogP contribution in [-0.2, 0) is 4.79 Å². The van der Waals surface area contributed by atoms with E-state index in [-0.39, 0.29) is 18.5 Å². The Labute approximate surface area is 125 Å². The molecule has 5 heteroatoms. The fraction of sp³-hybridized carbons (Fsp3) is 0.462. The van der Waals surface area contributed by atoms with E-state index in [2.05, 4.69) is 56.3 Å². The third kappa shape index (κ3) is 4.98. The van der Waals surface area contributed by atoms with Gasteiger partial charge in [0.2, 0.25) is 5.91 Å². The van der Waals surface area contributed by atoms with Crippen LogP contribution in [0.4, 0.5) is 5.69 Å². The Bertz CT molecular complexity index is 406. The van der Waals surface area contributed by atoms with E-state index in [1.54, 1.807) is 0 Å². The number of nitrogens with one attached hydrogen (secondary N) is 2. The number of benzene rings is 1. The average Bonchev–Trinajstić information content (AvgIpc) is 2.35. The Morgan fingerprint density at radius 1 is 1.28 bits per heavy atom. The monoisotopic (exact) mass is 376 g/mol. The number of amides is 1. The van der Waals surface area contributed by atoms with Crippen LogP contribution >= 0.6 is 31.9 Å². The zero-order valence-corrected chi connectivity index (χ0v) is 13.8. The van der Waals surface area contributed by atoms with E-state index in [0.717, 1.165) is 27.5 Å². The van der Waals surface area contributed by atoms with Gasteiger partial charge in [-0.25, -0.2) is 0 Å². The first kappa shape index (κ1) is 15.5. The molecule has 0 unspecified atom stereocenters. The minimum absolute atomic E-state index is 0.0264. The molecule has 0 aliphatic rings. The third-order valence-corrected chi connectivity index (χ3v) is 3.87. The number of hydrogen-bond acceptors (Lipinski definition) is 2. The molecule has 0 aromatic heterocycles. The molecular weight excluding hydrogens is 360 g/mol. The molecule has 100 valence electrons. The molecule has 0 fully saturated rings. The fourth-order valence-electron chi connectivity index (χ4n) is 1.58. The molecule has 2 N–H and O–H groups in total. The van der Waals surface area contributed by atoms with E-state index in [1.165, 1.54) is 0 Å². The summed E-state index contributed by atoms with van der Waals surface area (Å²) in [5.74, 6) is 0.0264. The Morgan fingerprint density at radius 3 is 2.50 bits per heavy atom. The van der Waals surface area contributed by atoms with Crippen molar-refractivity contribution in [3.05, 3.63) is 27.1 Å². The molecule has 1 amide bonds. The van der Waals surface area contributed by atoms with Gasteiger partial charge >= 0.3 is 0 Å². The van der Waals surface area contributed by atoms with Crippen molar-refractivity contribution in [1.29, 1.82) is 0 Å². The summed E-state index contributed by atoms with van der Waals surface area (Å²) in [6.07, 6.45) is 1.93. The Kier molecular flexibility index (Phi) is 6.71. The zero-order valence-electron chi connectivity index (χ0n) is 10.6. The van der Waals surface area contributed by atoms with Crippen LogP contribution in [0.5, 0.6) is 0 Å². The van der Waals surface area contributed by atoms with Crippen LogP contribution in [0.1, 0.15) is 26.7 Å². The highest BCUT2D eigenvalue weighted by Gasteiger charge is 2.08. The fourth-order valence-corrected chi connectivity index (χ4v) is 2.77. The summed E-state index contributed by atoms with van der Waals surface area (Å²) in [7, 11) is 0. The largest absolute Gasteiger partial charge is 0.375 e. The van der Waals surface area contributed by atoms with Crippen molar-refractivity contribution in [2.75, 3.05) is 11.9 Å². The molecule has 0 atom stereocenters. The van der Waals surface area contributed by atoms with Gasteiger partial charge in [0.1, 0.15) is 0 Å². The highest BCUT2D eigenvalue weighted by molar-refractivity contribution is 9.11. The SMILES string of the molecule is CCC(CC)NC(=O)CNc1ccc(Br)cc1Br. The molecular formula is C13H18Br2N2O. The molecule has 1 aromatic carbocycles. The molecule has 0 aliphatic heterocycles. The quantitative estimate of drug-likeness (QED) is 0.788. The lowest BCUT2D eigenvalue weighted by Gasteiger charge is -2.15. The first-order valence-corrected chi connectivity index (χ1v) is 7.63. The lowest BCUT2D eigenvalue weighted by molar-refractivity contribution is -0.120. The molecule has 0 aliphatic carbocycles. The molecule has 18 heavy (non-hydrogen) atoms. The zero-order chi connectivity index (χ0) is 13.5. The smallest absolute Gasteiger partial charge is 0.239 e. The van der Waals surface area contributed by atoms with Crippen LogP contribution < -0.4 is 10.6 Å². The lowest BCUT2D eigenvalue weighted by atomic mass is 10.2. The van der Waals surface area contributed by atoms with Crippen LogP contribution in [0.15, 0.2) is 27.1 Å². The topological polar surface area (TPSA) is 41.1 Å². The molecule has 3 nitrogen and oxygen atoms in total. The second-order valence-electron chi connectivity index (χ2n) is 4.06. The van der Waals surface area contributed by atoms with Crippen LogP contribution in [0.3, 0.4) is 0 Å². The highest BCUT2D eigenvalue weighted by Crippen LogP contribution is 2.25. The minimum atomic E-state index is 0.0264. The van der Waals surface area contributed by atoms with Crippen molar-refractivity contribution in [2.24, 2.45) is 0 Å². The van der Waals surface area contributed by atoms with Gasteiger partial charge in [-0.05, 0) is 47.0 Å². The predicted molar refractivity (Wildman–Crippen MR) is 82.8 cm³/mol. The second-order valence-corrected chi connectivity index (χ2v) is 5.83. The van der Waals surface area contributed by atoms with Crippen molar-refractivity contribution in [1.82, 2.24) is 5.32 Å². The van der Waals surface area contributed by atoms with Crippen molar-refractivity contribution >= 4 is 43.5 Å². The maximum absolute atomic E-state index is 11.7. The van der Waals surface area contributed by atoms with Gasteiger partial charge in [-0.3, -0.25) is 4.79 Å². The number of hydrogen-bond donors (Lipinski definition) is 2. The molecule has 0 radical (unpaired) electrons. The van der Waals surface area contributed by atoms with E-state index >= 15 is 0 Å². The van der Waals surface area contributed by atoms with Crippen LogP contribution in [0, 0.1) is 0 Å². The summed E-state index contributed by atoms with van der Waals surface area (Å²) in [5, 5.41) is 6.11. The molecule has 0 saturated heterocycles. The standard InChI is InChI=1S/C13H18Br2N2O/c1-3-10(4-2)17-13(18)8-16-12-6-5-9(14)7-11(12)15/h5-7,10,16H,3-4,8H2,1-2H3,(H,17,18). The van der Waals surface area contributed by atoms with Gasteiger partial charge in [-0.1, -0.05) is 29.8 Å². The summed E-state index contributed by atoms with van der Waals surface area (Å²) in [6, 6.07) is 6.08. The number of carbonyl (C=O) groups is 1. The van der Waals surface area contributed by atoms with Crippen LogP contribution in [0.25, 0.3) is 0 Å². The minimum Gasteiger partial charge on any atom is -0.375 e. The number of rotatable bonds is 6. The Hall–Kier alpha value is -0.550. The average molecular weight is 378 g/mol. The first-order valence-electron chi connectivity index (χ1n) is 6.05. The Balaban J connectivity index is 2.47. The molecule has 1 rings (SSSR count). The van der Waals surface area contributed by atoms with E-state index in [4.69, 9.17) is 0 Å². The van der Waals surface area contributed by atoms with Crippen molar-refractivity contribution < 1.29 is 4.79 Å². The number of carbonyl (C=O) groups excluding carboxylic acids is 1. The third-order valence-electron chi connectivity index (χ3n) is 2.72. The Morgan fingerprint density at radius 2 is 1.94 bits per heavy atom. The maximum atomic E-state index is 11.7. The summed E-state index contributed by atoms with van der Waals surface area (Å²) < 4.78 is 1.94. The number of anilines is 1. The van der Waals surface area contributed by atoms with E-state index in [9.17, 15) is 4.79 Å². The summed E-state index contributed by atoms with van der Waals surface area (Å²) in [6.45, 7) is 4.44. The van der Waals surface area contributed by atoms with Crippen molar-refractivity contribution in [2.45, 2.75) is 32.7 Å². The van der Waals surface area contributed by atoms with Gasteiger partial charge in [0, 0.05) is 20.7 Å². The van der Waals surface area contributed by atoms with E-state index in [1.807, 2.05) is 18.2 Å².